The monoisotopic (exact) mass is 818 g/mol. The lowest BCUT2D eigenvalue weighted by Gasteiger charge is -2.32. The van der Waals surface area contributed by atoms with Gasteiger partial charge in [0.2, 0.25) is 23.6 Å². The summed E-state index contributed by atoms with van der Waals surface area (Å²) in [4.78, 5) is 79.4. The highest BCUT2D eigenvalue weighted by Gasteiger charge is 2.36. The summed E-state index contributed by atoms with van der Waals surface area (Å²) in [5.41, 5.74) is 15.6. The number of ether oxygens (including phenoxy) is 1. The van der Waals surface area contributed by atoms with Gasteiger partial charge in [0.25, 0.3) is 5.91 Å². The van der Waals surface area contributed by atoms with E-state index in [1.54, 1.807) is 37.3 Å². The summed E-state index contributed by atoms with van der Waals surface area (Å²) in [5.74, 6) is -2.88. The second kappa shape index (κ2) is 20.2. The van der Waals surface area contributed by atoms with Gasteiger partial charge in [0, 0.05) is 42.9 Å². The van der Waals surface area contributed by atoms with Crippen molar-refractivity contribution in [2.45, 2.75) is 64.2 Å². The van der Waals surface area contributed by atoms with Gasteiger partial charge in [-0.3, -0.25) is 24.0 Å². The van der Waals surface area contributed by atoms with Crippen LogP contribution in [0.2, 0.25) is 0 Å². The predicted octanol–water partition coefficient (Wildman–Crippen LogP) is 1.56. The number of aromatic hydroxyl groups is 1. The molecule has 0 aliphatic carbocycles. The Hall–Kier alpha value is -6.90. The molecule has 1 aliphatic heterocycles. The normalized spacial score (nSPS) is 16.9. The van der Waals surface area contributed by atoms with Crippen molar-refractivity contribution < 1.29 is 33.8 Å². The van der Waals surface area contributed by atoms with Crippen molar-refractivity contribution in [1.29, 1.82) is 5.26 Å². The van der Waals surface area contributed by atoms with Crippen LogP contribution in [0.3, 0.4) is 0 Å². The van der Waals surface area contributed by atoms with Gasteiger partial charge in [-0.1, -0.05) is 43.3 Å². The molecule has 0 radical (unpaired) electrons. The number of rotatable bonds is 13. The van der Waals surface area contributed by atoms with E-state index >= 15 is 0 Å². The van der Waals surface area contributed by atoms with Gasteiger partial charge in [0.15, 0.2) is 5.82 Å². The molecule has 5 amide bonds. The van der Waals surface area contributed by atoms with E-state index in [0.717, 1.165) is 22.4 Å². The van der Waals surface area contributed by atoms with Crippen molar-refractivity contribution in [2.24, 2.45) is 11.5 Å². The van der Waals surface area contributed by atoms with Gasteiger partial charge in [-0.05, 0) is 74.2 Å². The predicted molar refractivity (Wildman–Crippen MR) is 222 cm³/mol. The Morgan fingerprint density at radius 2 is 1.78 bits per heavy atom. The van der Waals surface area contributed by atoms with Gasteiger partial charge < -0.3 is 47.5 Å². The standard InChI is InChI=1S/C43H50N10O7/c1-5-26-6-9-28(10-7-26)38-48-23-32(24(2)49-38)40(56)51-33(14-15-44)43(59)53(4)37-29-11-13-36(60-19-17-46)31(22-29)30-20-27(8-12-35(30)54)21-34(41(57)47-18-16-45)52-39(55)25(3)50-42(37)58/h6-13,20,22-23,25,33-34,37,54H,5,14-15,17-19,21,44,46H2,1-4H3,(H,47,57)(H,50,58)(H,51,56)(H,52,55)/t25-,33-,34-,37-/m0/s1. The van der Waals surface area contributed by atoms with Gasteiger partial charge in [0.05, 0.1) is 17.3 Å². The number of phenolic OH excluding ortho intramolecular Hbond substituents is 1. The zero-order valence-electron chi connectivity index (χ0n) is 34.0. The van der Waals surface area contributed by atoms with Crippen molar-refractivity contribution in [2.75, 3.05) is 33.3 Å². The smallest absolute Gasteiger partial charge is 0.255 e. The van der Waals surface area contributed by atoms with Crippen LogP contribution in [0.1, 0.15) is 59.1 Å². The van der Waals surface area contributed by atoms with Crippen LogP contribution in [0.4, 0.5) is 0 Å². The molecule has 60 heavy (non-hydrogen) atoms. The third-order valence-electron chi connectivity index (χ3n) is 10.1. The fourth-order valence-electron chi connectivity index (χ4n) is 6.80. The Balaban J connectivity index is 1.53. The van der Waals surface area contributed by atoms with Crippen molar-refractivity contribution >= 4 is 29.5 Å². The quantitative estimate of drug-likeness (QED) is 0.0948. The Labute approximate surface area is 347 Å². The van der Waals surface area contributed by atoms with Gasteiger partial charge in [-0.25, -0.2) is 9.97 Å². The SMILES string of the molecule is CCc1ccc(-c2ncc(C(=O)N[C@@H](CCN)C(=O)N(C)[C@@H]3C(=O)N[C@@H](C)C(=O)N[C@H](C(=O)NCC#N)Cc4ccc(O)c(c4)-c4cc3ccc4OCCN)c(C)n2)cc1. The number of nitrogens with zero attached hydrogens (tertiary/aromatic N) is 4. The van der Waals surface area contributed by atoms with E-state index in [2.05, 4.69) is 38.2 Å². The number of nitrogens with two attached hydrogens (primary N) is 2. The van der Waals surface area contributed by atoms with Crippen LogP contribution in [0.15, 0.2) is 66.9 Å². The minimum Gasteiger partial charge on any atom is -0.507 e. The third kappa shape index (κ3) is 10.4. The number of benzene rings is 3. The molecule has 17 nitrogen and oxygen atoms in total. The molecule has 5 rings (SSSR count). The van der Waals surface area contributed by atoms with Gasteiger partial charge in [-0.2, -0.15) is 5.26 Å². The van der Waals surface area contributed by atoms with Crippen LogP contribution < -0.4 is 37.5 Å². The zero-order valence-corrected chi connectivity index (χ0v) is 34.0. The highest BCUT2D eigenvalue weighted by Crippen LogP contribution is 2.39. The molecule has 17 heteroatoms. The number of carbonyl (C=O) groups excluding carboxylic acids is 5. The lowest BCUT2D eigenvalue weighted by atomic mass is 9.93. The molecule has 4 aromatic rings. The average Bonchev–Trinajstić information content (AvgIpc) is 3.24. The number of aryl methyl sites for hydroxylation is 2. The largest absolute Gasteiger partial charge is 0.507 e. The summed E-state index contributed by atoms with van der Waals surface area (Å²) in [6.45, 7) is 5.11. The number of hydrogen-bond acceptors (Lipinski definition) is 12. The Bertz CT molecular complexity index is 2280. The summed E-state index contributed by atoms with van der Waals surface area (Å²) in [7, 11) is 1.38. The molecule has 9 N–H and O–H groups in total. The maximum atomic E-state index is 14.5. The van der Waals surface area contributed by atoms with E-state index in [1.807, 2.05) is 30.3 Å². The van der Waals surface area contributed by atoms with Crippen LogP contribution in [-0.2, 0) is 32.0 Å². The molecule has 1 aliphatic rings. The number of amides is 5. The molecular formula is C43H50N10O7. The first-order valence-electron chi connectivity index (χ1n) is 19.5. The summed E-state index contributed by atoms with van der Waals surface area (Å²) in [5, 5.41) is 30.8. The molecule has 0 saturated heterocycles. The first-order chi connectivity index (χ1) is 28.8. The molecule has 4 bridgehead atoms. The summed E-state index contributed by atoms with van der Waals surface area (Å²) in [6, 6.07) is 14.0. The molecule has 0 unspecified atom stereocenters. The second-order valence-electron chi connectivity index (χ2n) is 14.3. The number of carbonyl (C=O) groups is 5. The van der Waals surface area contributed by atoms with E-state index in [4.69, 9.17) is 21.5 Å². The number of nitrogens with one attached hydrogen (secondary N) is 4. The fourth-order valence-corrected chi connectivity index (χ4v) is 6.80. The van der Waals surface area contributed by atoms with Crippen molar-refractivity contribution in [1.82, 2.24) is 36.1 Å². The van der Waals surface area contributed by atoms with Crippen LogP contribution in [0, 0.1) is 18.3 Å². The Morgan fingerprint density at radius 1 is 1.03 bits per heavy atom. The van der Waals surface area contributed by atoms with E-state index in [9.17, 15) is 29.1 Å². The first-order valence-corrected chi connectivity index (χ1v) is 19.5. The van der Waals surface area contributed by atoms with E-state index in [1.165, 1.54) is 26.2 Å². The van der Waals surface area contributed by atoms with Crippen LogP contribution >= 0.6 is 0 Å². The van der Waals surface area contributed by atoms with Gasteiger partial charge in [-0.15, -0.1) is 0 Å². The minimum absolute atomic E-state index is 0.00311. The van der Waals surface area contributed by atoms with Crippen molar-refractivity contribution in [3.05, 3.63) is 94.8 Å². The van der Waals surface area contributed by atoms with Gasteiger partial charge >= 0.3 is 0 Å². The second-order valence-corrected chi connectivity index (χ2v) is 14.3. The number of phenols is 1. The van der Waals surface area contributed by atoms with Gasteiger partial charge in [0.1, 0.15) is 48.8 Å². The molecule has 3 aromatic carbocycles. The maximum absolute atomic E-state index is 14.5. The molecule has 4 atom stereocenters. The molecule has 2 heterocycles. The summed E-state index contributed by atoms with van der Waals surface area (Å²) < 4.78 is 5.96. The number of aromatic nitrogens is 2. The van der Waals surface area contributed by atoms with E-state index in [-0.39, 0.29) is 61.5 Å². The van der Waals surface area contributed by atoms with E-state index in [0.29, 0.717) is 28.4 Å². The van der Waals surface area contributed by atoms with Crippen LogP contribution in [-0.4, -0.2) is 101 Å². The Kier molecular flexibility index (Phi) is 14.9. The summed E-state index contributed by atoms with van der Waals surface area (Å²) >= 11 is 0. The lowest BCUT2D eigenvalue weighted by Crippen LogP contribution is -2.56. The Morgan fingerprint density at radius 3 is 2.45 bits per heavy atom. The number of likely N-dealkylation sites (N-methyl/N-ethyl adjacent to an activating group) is 1. The maximum Gasteiger partial charge on any atom is 0.255 e. The molecule has 1 aromatic heterocycles. The van der Waals surface area contributed by atoms with Crippen molar-refractivity contribution in [3.8, 4) is 40.1 Å². The first kappa shape index (κ1) is 44.2. The molecule has 0 saturated carbocycles. The minimum atomic E-state index is -1.42. The van der Waals surface area contributed by atoms with Crippen LogP contribution in [0.5, 0.6) is 11.5 Å². The number of nitriles is 1. The third-order valence-corrected chi connectivity index (χ3v) is 10.1. The summed E-state index contributed by atoms with van der Waals surface area (Å²) in [6.07, 6.45) is 2.23. The van der Waals surface area contributed by atoms with E-state index < -0.39 is 53.7 Å². The zero-order chi connectivity index (χ0) is 43.5. The highest BCUT2D eigenvalue weighted by molar-refractivity contribution is 6.00. The average molecular weight is 819 g/mol. The number of fused-ring (bicyclic) bond motifs is 5. The fraction of sp³-hybridized carbons (Fsp3) is 0.349. The lowest BCUT2D eigenvalue weighted by molar-refractivity contribution is -0.141. The molecule has 314 valence electrons. The van der Waals surface area contributed by atoms with Crippen molar-refractivity contribution in [3.63, 3.8) is 0 Å². The topological polar surface area (TPSA) is 268 Å². The van der Waals surface area contributed by atoms with Crippen LogP contribution in [0.25, 0.3) is 22.5 Å². The number of hydrogen-bond donors (Lipinski definition) is 7. The molecule has 0 fully saturated rings. The molecular weight excluding hydrogens is 769 g/mol. The highest BCUT2D eigenvalue weighted by atomic mass is 16.5. The molecule has 0 spiro atoms.